The fraction of sp³-hybridized carbons (Fsp3) is 0.462. The molecule has 1 saturated heterocycles. The van der Waals surface area contributed by atoms with Gasteiger partial charge in [-0.2, -0.15) is 0 Å². The van der Waals surface area contributed by atoms with Crippen LogP contribution < -0.4 is 4.74 Å². The fourth-order valence-corrected chi connectivity index (χ4v) is 1.95. The predicted octanol–water partition coefficient (Wildman–Crippen LogP) is 1.05. The summed E-state index contributed by atoms with van der Waals surface area (Å²) in [5.74, 6) is 0.624. The molecule has 1 aliphatic heterocycles. The molecular weight excluding hydrogens is 218 g/mol. The number of ether oxygens (including phenoxy) is 1. The minimum absolute atomic E-state index is 0.0644. The zero-order chi connectivity index (χ0) is 12.3. The number of hydrogen-bond acceptors (Lipinski definition) is 3. The van der Waals surface area contributed by atoms with Gasteiger partial charge in [0.05, 0.1) is 6.10 Å². The second-order valence-electron chi connectivity index (χ2n) is 4.30. The molecule has 1 aromatic rings. The van der Waals surface area contributed by atoms with Gasteiger partial charge in [-0.25, -0.2) is 0 Å². The largest absolute Gasteiger partial charge is 0.481 e. The van der Waals surface area contributed by atoms with Crippen LogP contribution in [-0.4, -0.2) is 41.2 Å². The number of benzene rings is 1. The van der Waals surface area contributed by atoms with Crippen molar-refractivity contribution in [3.8, 4) is 5.75 Å². The number of hydrogen-bond donors (Lipinski definition) is 1. The van der Waals surface area contributed by atoms with Gasteiger partial charge in [-0.3, -0.25) is 4.79 Å². The molecule has 1 heterocycles. The monoisotopic (exact) mass is 235 g/mol. The first-order valence-electron chi connectivity index (χ1n) is 5.85. The van der Waals surface area contributed by atoms with E-state index in [4.69, 9.17) is 4.74 Å². The Bertz CT molecular complexity index is 380. The molecule has 0 bridgehead atoms. The first-order chi connectivity index (χ1) is 8.16. The Morgan fingerprint density at radius 2 is 2.18 bits per heavy atom. The van der Waals surface area contributed by atoms with Crippen LogP contribution in [0.1, 0.15) is 13.3 Å². The zero-order valence-corrected chi connectivity index (χ0v) is 9.87. The average Bonchev–Trinajstić information content (AvgIpc) is 2.76. The van der Waals surface area contributed by atoms with Gasteiger partial charge >= 0.3 is 0 Å². The lowest BCUT2D eigenvalue weighted by atomic mass is 10.3. The standard InChI is InChI=1S/C13H17NO3/c1-10(17-12-5-3-2-4-6-12)13(16)14-8-7-11(15)9-14/h2-6,10-11,15H,7-9H2,1H3/t10-,11-/m1/s1. The molecule has 0 spiro atoms. The number of amides is 1. The van der Waals surface area contributed by atoms with Gasteiger partial charge in [0.1, 0.15) is 5.75 Å². The SMILES string of the molecule is C[C@@H](Oc1ccccc1)C(=O)N1CC[C@@H](O)C1. The second kappa shape index (κ2) is 5.19. The normalized spacial score (nSPS) is 21.3. The number of carbonyl (C=O) groups excluding carboxylic acids is 1. The van der Waals surface area contributed by atoms with Gasteiger partial charge in [0.15, 0.2) is 6.10 Å². The van der Waals surface area contributed by atoms with Crippen molar-refractivity contribution in [3.05, 3.63) is 30.3 Å². The molecule has 4 nitrogen and oxygen atoms in total. The van der Waals surface area contributed by atoms with E-state index in [1.54, 1.807) is 11.8 Å². The highest BCUT2D eigenvalue weighted by Crippen LogP contribution is 2.15. The summed E-state index contributed by atoms with van der Waals surface area (Å²) in [6.45, 7) is 2.77. The topological polar surface area (TPSA) is 49.8 Å². The van der Waals surface area contributed by atoms with Crippen LogP contribution in [0.3, 0.4) is 0 Å². The Morgan fingerprint density at radius 1 is 1.47 bits per heavy atom. The maximum atomic E-state index is 12.0. The van der Waals surface area contributed by atoms with Crippen LogP contribution in [0.2, 0.25) is 0 Å². The van der Waals surface area contributed by atoms with Crippen molar-refractivity contribution in [3.63, 3.8) is 0 Å². The quantitative estimate of drug-likeness (QED) is 0.852. The van der Waals surface area contributed by atoms with Crippen molar-refractivity contribution < 1.29 is 14.6 Å². The van der Waals surface area contributed by atoms with E-state index in [1.165, 1.54) is 0 Å². The van der Waals surface area contributed by atoms with Gasteiger partial charge in [0.25, 0.3) is 5.91 Å². The number of β-amino-alcohol motifs (C(OH)–C–C–N with tert-alkyl or cyclic N) is 1. The lowest BCUT2D eigenvalue weighted by Gasteiger charge is -2.21. The predicted molar refractivity (Wildman–Crippen MR) is 63.7 cm³/mol. The van der Waals surface area contributed by atoms with Gasteiger partial charge < -0.3 is 14.7 Å². The summed E-state index contributed by atoms with van der Waals surface area (Å²) >= 11 is 0. The average molecular weight is 235 g/mol. The van der Waals surface area contributed by atoms with Crippen LogP contribution in [0.15, 0.2) is 30.3 Å². The molecule has 4 heteroatoms. The minimum Gasteiger partial charge on any atom is -0.481 e. The highest BCUT2D eigenvalue weighted by atomic mass is 16.5. The highest BCUT2D eigenvalue weighted by molar-refractivity contribution is 5.81. The van der Waals surface area contributed by atoms with Gasteiger partial charge in [-0.1, -0.05) is 18.2 Å². The molecule has 1 aliphatic rings. The maximum Gasteiger partial charge on any atom is 0.263 e. The third kappa shape index (κ3) is 2.97. The molecule has 0 aromatic heterocycles. The molecule has 1 N–H and O–H groups in total. The molecule has 0 unspecified atom stereocenters. The third-order valence-electron chi connectivity index (χ3n) is 2.88. The molecular formula is C13H17NO3. The zero-order valence-electron chi connectivity index (χ0n) is 9.87. The van der Waals surface area contributed by atoms with Gasteiger partial charge in [-0.05, 0) is 25.5 Å². The highest BCUT2D eigenvalue weighted by Gasteiger charge is 2.28. The summed E-state index contributed by atoms with van der Waals surface area (Å²) in [4.78, 5) is 13.6. The van der Waals surface area contributed by atoms with E-state index in [0.29, 0.717) is 25.3 Å². The van der Waals surface area contributed by atoms with Crippen molar-refractivity contribution in [2.45, 2.75) is 25.6 Å². The number of likely N-dealkylation sites (tertiary alicyclic amines) is 1. The van der Waals surface area contributed by atoms with Crippen LogP contribution in [0.25, 0.3) is 0 Å². The Balaban J connectivity index is 1.92. The molecule has 1 amide bonds. The smallest absolute Gasteiger partial charge is 0.263 e. The van der Waals surface area contributed by atoms with Crippen molar-refractivity contribution in [2.75, 3.05) is 13.1 Å². The first kappa shape index (κ1) is 11.9. The molecule has 92 valence electrons. The van der Waals surface area contributed by atoms with Gasteiger partial charge in [0.2, 0.25) is 0 Å². The summed E-state index contributed by atoms with van der Waals surface area (Å²) in [6.07, 6.45) is -0.241. The first-order valence-corrected chi connectivity index (χ1v) is 5.85. The van der Waals surface area contributed by atoms with E-state index < -0.39 is 6.10 Å². The minimum atomic E-state index is -0.511. The van der Waals surface area contributed by atoms with E-state index in [-0.39, 0.29) is 12.0 Å². The molecule has 1 aromatic carbocycles. The van der Waals surface area contributed by atoms with E-state index in [1.807, 2.05) is 30.3 Å². The summed E-state index contributed by atoms with van der Waals surface area (Å²) in [6, 6.07) is 9.28. The van der Waals surface area contributed by atoms with Crippen LogP contribution in [0, 0.1) is 0 Å². The Hall–Kier alpha value is -1.55. The number of carbonyl (C=O) groups is 1. The lowest BCUT2D eigenvalue weighted by Crippen LogP contribution is -2.39. The van der Waals surface area contributed by atoms with Crippen LogP contribution >= 0.6 is 0 Å². The molecule has 2 rings (SSSR count). The lowest BCUT2D eigenvalue weighted by molar-refractivity contribution is -0.137. The summed E-state index contributed by atoms with van der Waals surface area (Å²) in [5, 5.41) is 9.39. The number of para-hydroxylation sites is 1. The van der Waals surface area contributed by atoms with Crippen molar-refractivity contribution >= 4 is 5.91 Å². The maximum absolute atomic E-state index is 12.0. The summed E-state index contributed by atoms with van der Waals surface area (Å²) in [5.41, 5.74) is 0. The van der Waals surface area contributed by atoms with Crippen molar-refractivity contribution in [2.24, 2.45) is 0 Å². The molecule has 17 heavy (non-hydrogen) atoms. The molecule has 0 aliphatic carbocycles. The Kier molecular flexibility index (Phi) is 3.64. The van der Waals surface area contributed by atoms with Crippen molar-refractivity contribution in [1.29, 1.82) is 0 Å². The van der Waals surface area contributed by atoms with E-state index in [0.717, 1.165) is 0 Å². The number of aliphatic hydroxyl groups excluding tert-OH is 1. The van der Waals surface area contributed by atoms with Gasteiger partial charge in [-0.15, -0.1) is 0 Å². The van der Waals surface area contributed by atoms with E-state index in [2.05, 4.69) is 0 Å². The number of rotatable bonds is 3. The number of nitrogens with zero attached hydrogens (tertiary/aromatic N) is 1. The Labute approximate surface area is 101 Å². The van der Waals surface area contributed by atoms with E-state index in [9.17, 15) is 9.90 Å². The van der Waals surface area contributed by atoms with Crippen LogP contribution in [0.5, 0.6) is 5.75 Å². The Morgan fingerprint density at radius 3 is 2.76 bits per heavy atom. The number of aliphatic hydroxyl groups is 1. The summed E-state index contributed by atoms with van der Waals surface area (Å²) in [7, 11) is 0. The van der Waals surface area contributed by atoms with Crippen molar-refractivity contribution in [1.82, 2.24) is 4.90 Å². The van der Waals surface area contributed by atoms with E-state index >= 15 is 0 Å². The van der Waals surface area contributed by atoms with Crippen LogP contribution in [-0.2, 0) is 4.79 Å². The molecule has 0 radical (unpaired) electrons. The molecule has 0 saturated carbocycles. The van der Waals surface area contributed by atoms with Gasteiger partial charge in [0, 0.05) is 13.1 Å². The third-order valence-corrected chi connectivity index (χ3v) is 2.88. The second-order valence-corrected chi connectivity index (χ2v) is 4.30. The molecule has 1 fully saturated rings. The molecule has 2 atom stereocenters. The summed E-state index contributed by atoms with van der Waals surface area (Å²) < 4.78 is 5.55. The fourth-order valence-electron chi connectivity index (χ4n) is 1.95. The van der Waals surface area contributed by atoms with Crippen LogP contribution in [0.4, 0.5) is 0 Å².